The molecule has 0 aliphatic rings. The van der Waals surface area contributed by atoms with Gasteiger partial charge in [-0.1, -0.05) is 16.8 Å². The van der Waals surface area contributed by atoms with Crippen LogP contribution in [0.25, 0.3) is 22.8 Å². The van der Waals surface area contributed by atoms with E-state index in [9.17, 15) is 0 Å². The lowest BCUT2D eigenvalue weighted by Crippen LogP contribution is -1.90. The number of benzene rings is 1. The van der Waals surface area contributed by atoms with Gasteiger partial charge in [0, 0.05) is 5.02 Å². The third kappa shape index (κ3) is 2.08. The summed E-state index contributed by atoms with van der Waals surface area (Å²) in [6.07, 6.45) is 1.52. The molecule has 1 aromatic carbocycles. The van der Waals surface area contributed by atoms with E-state index >= 15 is 0 Å². The molecule has 2 aromatic heterocycles. The molecule has 0 aliphatic carbocycles. The van der Waals surface area contributed by atoms with Crippen LogP contribution in [0, 0.1) is 0 Å². The topological polar surface area (TPSA) is 103 Å². The van der Waals surface area contributed by atoms with Crippen LogP contribution in [-0.2, 0) is 0 Å². The zero-order valence-corrected chi connectivity index (χ0v) is 11.2. The van der Waals surface area contributed by atoms with Gasteiger partial charge in [-0.3, -0.25) is 5.10 Å². The first-order valence-electron chi connectivity index (χ1n) is 5.66. The molecule has 0 spiro atoms. The molecule has 0 amide bonds. The van der Waals surface area contributed by atoms with Gasteiger partial charge in [0.2, 0.25) is 5.82 Å². The van der Waals surface area contributed by atoms with E-state index in [0.717, 1.165) is 0 Å². The molecule has 0 unspecified atom stereocenters. The van der Waals surface area contributed by atoms with Gasteiger partial charge in [0.05, 0.1) is 18.9 Å². The number of halogens is 1. The quantitative estimate of drug-likeness (QED) is 0.768. The average Bonchev–Trinajstić information content (AvgIpc) is 3.07. The predicted molar refractivity (Wildman–Crippen MR) is 73.3 cm³/mol. The summed E-state index contributed by atoms with van der Waals surface area (Å²) in [6, 6.07) is 5.16. The maximum Gasteiger partial charge on any atom is 0.263 e. The highest BCUT2D eigenvalue weighted by molar-refractivity contribution is 6.30. The summed E-state index contributed by atoms with van der Waals surface area (Å²) in [5.41, 5.74) is 6.94. The number of methoxy groups -OCH3 is 1. The molecule has 102 valence electrons. The smallest absolute Gasteiger partial charge is 0.263 e. The summed E-state index contributed by atoms with van der Waals surface area (Å²) >= 11 is 5.92. The van der Waals surface area contributed by atoms with Gasteiger partial charge in [-0.2, -0.15) is 10.1 Å². The van der Waals surface area contributed by atoms with Gasteiger partial charge >= 0.3 is 0 Å². The highest BCUT2D eigenvalue weighted by Crippen LogP contribution is 2.32. The minimum Gasteiger partial charge on any atom is -0.496 e. The SMILES string of the molecule is COc1cc(Cl)ccc1-c1noc(-c2cn[nH]c2N)n1. The van der Waals surface area contributed by atoms with E-state index in [2.05, 4.69) is 20.3 Å². The van der Waals surface area contributed by atoms with Crippen molar-refractivity contribution >= 4 is 17.4 Å². The number of nitrogens with one attached hydrogen (secondary N) is 1. The third-order valence-corrected chi connectivity index (χ3v) is 2.96. The maximum absolute atomic E-state index is 5.92. The van der Waals surface area contributed by atoms with Gasteiger partial charge in [0.25, 0.3) is 5.89 Å². The van der Waals surface area contributed by atoms with Gasteiger partial charge in [-0.25, -0.2) is 0 Å². The van der Waals surface area contributed by atoms with Crippen LogP contribution >= 0.6 is 11.6 Å². The van der Waals surface area contributed by atoms with Crippen LogP contribution in [0.5, 0.6) is 5.75 Å². The number of aromatic amines is 1. The van der Waals surface area contributed by atoms with E-state index in [4.69, 9.17) is 26.6 Å². The molecule has 2 heterocycles. The molecule has 0 saturated carbocycles. The van der Waals surface area contributed by atoms with E-state index in [1.54, 1.807) is 25.3 Å². The highest BCUT2D eigenvalue weighted by atomic mass is 35.5. The minimum atomic E-state index is 0.281. The molecule has 0 radical (unpaired) electrons. The number of H-pyrrole nitrogens is 1. The summed E-state index contributed by atoms with van der Waals surface area (Å²) in [5.74, 6) is 1.59. The summed E-state index contributed by atoms with van der Waals surface area (Å²) in [6.45, 7) is 0. The second-order valence-electron chi connectivity index (χ2n) is 3.97. The lowest BCUT2D eigenvalue weighted by atomic mass is 10.2. The van der Waals surface area contributed by atoms with E-state index < -0.39 is 0 Å². The molecule has 7 nitrogen and oxygen atoms in total. The molecule has 0 saturated heterocycles. The molecule has 3 N–H and O–H groups in total. The van der Waals surface area contributed by atoms with Crippen molar-refractivity contribution < 1.29 is 9.26 Å². The van der Waals surface area contributed by atoms with Crippen molar-refractivity contribution in [3.63, 3.8) is 0 Å². The Labute approximate surface area is 118 Å². The van der Waals surface area contributed by atoms with Gasteiger partial charge in [-0.05, 0) is 18.2 Å². The molecule has 20 heavy (non-hydrogen) atoms. The van der Waals surface area contributed by atoms with Crippen LogP contribution < -0.4 is 10.5 Å². The monoisotopic (exact) mass is 291 g/mol. The first-order valence-corrected chi connectivity index (χ1v) is 6.03. The lowest BCUT2D eigenvalue weighted by molar-refractivity contribution is 0.413. The van der Waals surface area contributed by atoms with E-state index in [1.807, 2.05) is 0 Å². The van der Waals surface area contributed by atoms with Gasteiger partial charge in [0.1, 0.15) is 17.1 Å². The Morgan fingerprint density at radius 3 is 2.90 bits per heavy atom. The molecule has 8 heteroatoms. The van der Waals surface area contributed by atoms with E-state index in [0.29, 0.717) is 33.5 Å². The van der Waals surface area contributed by atoms with Crippen molar-refractivity contribution in [2.45, 2.75) is 0 Å². The van der Waals surface area contributed by atoms with Crippen molar-refractivity contribution in [2.24, 2.45) is 0 Å². The number of nitrogen functional groups attached to an aromatic ring is 1. The fourth-order valence-corrected chi connectivity index (χ4v) is 1.92. The molecule has 3 rings (SSSR count). The number of aromatic nitrogens is 4. The van der Waals surface area contributed by atoms with Gasteiger partial charge in [0.15, 0.2) is 0 Å². The number of rotatable bonds is 3. The number of nitrogens with two attached hydrogens (primary N) is 1. The fourth-order valence-electron chi connectivity index (χ4n) is 1.76. The zero-order chi connectivity index (χ0) is 14.1. The molecule has 3 aromatic rings. The maximum atomic E-state index is 5.92. The van der Waals surface area contributed by atoms with Crippen LogP contribution in [0.15, 0.2) is 28.9 Å². The third-order valence-electron chi connectivity index (χ3n) is 2.73. The average molecular weight is 292 g/mol. The Morgan fingerprint density at radius 2 is 2.20 bits per heavy atom. The summed E-state index contributed by atoms with van der Waals surface area (Å²) < 4.78 is 10.4. The van der Waals surface area contributed by atoms with Gasteiger partial charge in [-0.15, -0.1) is 0 Å². The van der Waals surface area contributed by atoms with Gasteiger partial charge < -0.3 is 15.0 Å². The largest absolute Gasteiger partial charge is 0.496 e. The van der Waals surface area contributed by atoms with E-state index in [-0.39, 0.29) is 5.89 Å². The second-order valence-corrected chi connectivity index (χ2v) is 4.40. The van der Waals surface area contributed by atoms with Crippen LogP contribution in [0.2, 0.25) is 5.02 Å². The Balaban J connectivity index is 2.05. The van der Waals surface area contributed by atoms with Crippen molar-refractivity contribution in [1.82, 2.24) is 20.3 Å². The van der Waals surface area contributed by atoms with Crippen LogP contribution in [-0.4, -0.2) is 27.4 Å². The first-order chi connectivity index (χ1) is 9.69. The van der Waals surface area contributed by atoms with Crippen molar-refractivity contribution in [3.8, 4) is 28.6 Å². The normalized spacial score (nSPS) is 10.7. The van der Waals surface area contributed by atoms with Crippen LogP contribution in [0.3, 0.4) is 0 Å². The summed E-state index contributed by atoms with van der Waals surface area (Å²) in [7, 11) is 1.55. The number of ether oxygens (including phenoxy) is 1. The van der Waals surface area contributed by atoms with Crippen LogP contribution in [0.1, 0.15) is 0 Å². The first kappa shape index (κ1) is 12.5. The van der Waals surface area contributed by atoms with Crippen molar-refractivity contribution in [2.75, 3.05) is 12.8 Å². The molecule has 0 fully saturated rings. The molecule has 0 aliphatic heterocycles. The Hall–Kier alpha value is -2.54. The standard InChI is InChI=1S/C12H10ClN5O2/c1-19-9-4-6(13)2-3-7(9)11-16-12(20-18-11)8-5-15-17-10(8)14/h2-5H,1H3,(H3,14,15,17). The Kier molecular flexibility index (Phi) is 3.03. The highest BCUT2D eigenvalue weighted by Gasteiger charge is 2.17. The van der Waals surface area contributed by atoms with Crippen LogP contribution in [0.4, 0.5) is 5.82 Å². The van der Waals surface area contributed by atoms with E-state index in [1.165, 1.54) is 6.20 Å². The number of nitrogens with zero attached hydrogens (tertiary/aromatic N) is 3. The number of hydrogen-bond donors (Lipinski definition) is 2. The summed E-state index contributed by atoms with van der Waals surface area (Å²) in [4.78, 5) is 4.28. The fraction of sp³-hybridized carbons (Fsp3) is 0.0833. The van der Waals surface area contributed by atoms with Crippen molar-refractivity contribution in [3.05, 3.63) is 29.4 Å². The predicted octanol–water partition coefficient (Wildman–Crippen LogP) is 2.37. The van der Waals surface area contributed by atoms with Crippen molar-refractivity contribution in [1.29, 1.82) is 0 Å². The molecule has 0 atom stereocenters. The minimum absolute atomic E-state index is 0.281. The molecular weight excluding hydrogens is 282 g/mol. The molecule has 0 bridgehead atoms. The lowest BCUT2D eigenvalue weighted by Gasteiger charge is -2.04. The number of anilines is 1. The zero-order valence-electron chi connectivity index (χ0n) is 10.4. The molecular formula is C12H10ClN5O2. The Morgan fingerprint density at radius 1 is 1.35 bits per heavy atom. The Bertz CT molecular complexity index is 752. The summed E-state index contributed by atoms with van der Waals surface area (Å²) in [5, 5.41) is 10.9. The second kappa shape index (κ2) is 4.86. The number of hydrogen-bond acceptors (Lipinski definition) is 6.